The Balaban J connectivity index is 2.86. The van der Waals surface area contributed by atoms with Gasteiger partial charge in [-0.1, -0.05) is 0 Å². The zero-order valence-corrected chi connectivity index (χ0v) is 6.70. The summed E-state index contributed by atoms with van der Waals surface area (Å²) in [6.45, 7) is 2.01. The average Bonchev–Trinajstić information content (AvgIpc) is 2.32. The molecule has 0 bridgehead atoms. The third-order valence-electron chi connectivity index (χ3n) is 1.91. The van der Waals surface area contributed by atoms with Crippen LogP contribution in [0.15, 0.2) is 24.5 Å². The van der Waals surface area contributed by atoms with Gasteiger partial charge in [0.25, 0.3) is 0 Å². The van der Waals surface area contributed by atoms with Crippen molar-refractivity contribution in [1.29, 1.82) is 0 Å². The van der Waals surface area contributed by atoms with Gasteiger partial charge >= 0.3 is 0 Å². The number of nitrogens with zero attached hydrogens (tertiary/aromatic N) is 2. The van der Waals surface area contributed by atoms with Gasteiger partial charge in [0, 0.05) is 24.3 Å². The number of fused-ring (bicyclic) bond motifs is 1. The van der Waals surface area contributed by atoms with Crippen LogP contribution in [0.5, 0.6) is 0 Å². The summed E-state index contributed by atoms with van der Waals surface area (Å²) in [6, 6.07) is 4.19. The van der Waals surface area contributed by atoms with E-state index in [0.29, 0.717) is 0 Å². The molecule has 0 amide bonds. The number of aromatic nitrogens is 2. The van der Waals surface area contributed by atoms with Crippen molar-refractivity contribution >= 4 is 10.9 Å². The number of hydrogen-bond donors (Lipinski definition) is 0. The minimum atomic E-state index is 1.07. The van der Waals surface area contributed by atoms with E-state index in [1.54, 1.807) is 0 Å². The molecule has 0 radical (unpaired) electrons. The Hall–Kier alpha value is -1.31. The van der Waals surface area contributed by atoms with Crippen LogP contribution in [0.3, 0.4) is 0 Å². The van der Waals surface area contributed by atoms with Gasteiger partial charge in [0.05, 0.1) is 11.7 Å². The maximum absolute atomic E-state index is 4.22. The average molecular weight is 146 g/mol. The zero-order chi connectivity index (χ0) is 7.84. The van der Waals surface area contributed by atoms with Gasteiger partial charge in [-0.3, -0.25) is 4.98 Å². The van der Waals surface area contributed by atoms with Crippen molar-refractivity contribution in [2.75, 3.05) is 0 Å². The molecule has 2 nitrogen and oxygen atoms in total. The van der Waals surface area contributed by atoms with Gasteiger partial charge in [0.15, 0.2) is 0 Å². The predicted octanol–water partition coefficient (Wildman–Crippen LogP) is 1.88. The highest BCUT2D eigenvalue weighted by Crippen LogP contribution is 2.13. The predicted molar refractivity (Wildman–Crippen MR) is 45.5 cm³/mol. The first kappa shape index (κ1) is 6.40. The quantitative estimate of drug-likeness (QED) is 0.555. The molecule has 0 fully saturated rings. The highest BCUT2D eigenvalue weighted by Gasteiger charge is 1.96. The second-order valence-corrected chi connectivity index (χ2v) is 2.81. The van der Waals surface area contributed by atoms with E-state index in [-0.39, 0.29) is 0 Å². The lowest BCUT2D eigenvalue weighted by atomic mass is 10.3. The molecule has 11 heavy (non-hydrogen) atoms. The minimum Gasteiger partial charge on any atom is -0.349 e. The molecular weight excluding hydrogens is 136 g/mol. The van der Waals surface area contributed by atoms with Crippen molar-refractivity contribution in [1.82, 2.24) is 9.55 Å². The van der Waals surface area contributed by atoms with Crippen LogP contribution in [-0.2, 0) is 7.05 Å². The molecule has 2 aromatic heterocycles. The Morgan fingerprint density at radius 3 is 3.09 bits per heavy atom. The fraction of sp³-hybridized carbons (Fsp3) is 0.222. The number of rotatable bonds is 0. The van der Waals surface area contributed by atoms with Crippen molar-refractivity contribution in [3.05, 3.63) is 30.2 Å². The van der Waals surface area contributed by atoms with Gasteiger partial charge in [-0.2, -0.15) is 0 Å². The van der Waals surface area contributed by atoms with E-state index in [1.807, 2.05) is 26.4 Å². The first-order chi connectivity index (χ1) is 5.27. The standard InChI is InChI=1S/C9H10N2/c1-7-5-8-3-4-11(2)9(8)6-10-7/h3-6H,1-2H3. The Labute approximate surface area is 65.5 Å². The molecule has 56 valence electrons. The first-order valence-electron chi connectivity index (χ1n) is 3.65. The molecule has 2 rings (SSSR count). The highest BCUT2D eigenvalue weighted by molar-refractivity contribution is 5.79. The second kappa shape index (κ2) is 2.09. The van der Waals surface area contributed by atoms with E-state index in [4.69, 9.17) is 0 Å². The van der Waals surface area contributed by atoms with E-state index in [2.05, 4.69) is 21.7 Å². The van der Waals surface area contributed by atoms with Crippen molar-refractivity contribution in [3.8, 4) is 0 Å². The molecule has 0 aliphatic heterocycles. The largest absolute Gasteiger partial charge is 0.349 e. The number of pyridine rings is 1. The van der Waals surface area contributed by atoms with Gasteiger partial charge in [0.1, 0.15) is 0 Å². The maximum atomic E-state index is 4.22. The lowest BCUT2D eigenvalue weighted by Gasteiger charge is -1.95. The normalized spacial score (nSPS) is 10.7. The zero-order valence-electron chi connectivity index (χ0n) is 6.70. The molecule has 0 spiro atoms. The fourth-order valence-electron chi connectivity index (χ4n) is 1.27. The fourth-order valence-corrected chi connectivity index (χ4v) is 1.27. The maximum Gasteiger partial charge on any atom is 0.0664 e. The number of aryl methyl sites for hydroxylation is 2. The van der Waals surface area contributed by atoms with Crippen molar-refractivity contribution < 1.29 is 0 Å². The molecule has 0 saturated carbocycles. The van der Waals surface area contributed by atoms with E-state index in [1.165, 1.54) is 10.9 Å². The highest BCUT2D eigenvalue weighted by atomic mass is 14.9. The molecule has 0 aromatic carbocycles. The molecule has 2 heterocycles. The molecule has 0 N–H and O–H groups in total. The summed E-state index contributed by atoms with van der Waals surface area (Å²) >= 11 is 0. The topological polar surface area (TPSA) is 17.8 Å². The summed E-state index contributed by atoms with van der Waals surface area (Å²) in [5.41, 5.74) is 2.26. The summed E-state index contributed by atoms with van der Waals surface area (Å²) in [5.74, 6) is 0. The van der Waals surface area contributed by atoms with Gasteiger partial charge in [0.2, 0.25) is 0 Å². The number of hydrogen-bond acceptors (Lipinski definition) is 1. The van der Waals surface area contributed by atoms with E-state index < -0.39 is 0 Å². The second-order valence-electron chi connectivity index (χ2n) is 2.81. The Morgan fingerprint density at radius 1 is 1.45 bits per heavy atom. The Bertz CT molecular complexity index is 387. The smallest absolute Gasteiger partial charge is 0.0664 e. The van der Waals surface area contributed by atoms with E-state index in [0.717, 1.165) is 5.69 Å². The Morgan fingerprint density at radius 2 is 2.27 bits per heavy atom. The van der Waals surface area contributed by atoms with E-state index >= 15 is 0 Å². The van der Waals surface area contributed by atoms with Crippen LogP contribution >= 0.6 is 0 Å². The van der Waals surface area contributed by atoms with Crippen molar-refractivity contribution in [2.24, 2.45) is 7.05 Å². The summed E-state index contributed by atoms with van der Waals surface area (Å²) in [4.78, 5) is 4.22. The van der Waals surface area contributed by atoms with Crippen LogP contribution in [0, 0.1) is 6.92 Å². The van der Waals surface area contributed by atoms with E-state index in [9.17, 15) is 0 Å². The molecular formula is C9H10N2. The molecule has 0 aliphatic carbocycles. The van der Waals surface area contributed by atoms with Gasteiger partial charge in [-0.15, -0.1) is 0 Å². The SMILES string of the molecule is Cc1cc2ccn(C)c2cn1. The molecule has 0 unspecified atom stereocenters. The molecule has 0 aliphatic rings. The summed E-state index contributed by atoms with van der Waals surface area (Å²) in [6.07, 6.45) is 3.95. The van der Waals surface area contributed by atoms with Gasteiger partial charge < -0.3 is 4.57 Å². The third kappa shape index (κ3) is 0.909. The lowest BCUT2D eigenvalue weighted by molar-refractivity contribution is 0.964. The minimum absolute atomic E-state index is 1.07. The summed E-state index contributed by atoms with van der Waals surface area (Å²) in [5, 5.41) is 1.26. The van der Waals surface area contributed by atoms with Gasteiger partial charge in [-0.05, 0) is 19.1 Å². The monoisotopic (exact) mass is 146 g/mol. The first-order valence-corrected chi connectivity index (χ1v) is 3.65. The molecule has 2 heteroatoms. The summed E-state index contributed by atoms with van der Waals surface area (Å²) in [7, 11) is 2.03. The lowest BCUT2D eigenvalue weighted by Crippen LogP contribution is -1.85. The van der Waals surface area contributed by atoms with Crippen LogP contribution in [0.4, 0.5) is 0 Å². The summed E-state index contributed by atoms with van der Waals surface area (Å²) < 4.78 is 2.07. The molecule has 0 saturated heterocycles. The van der Waals surface area contributed by atoms with Crippen LogP contribution in [-0.4, -0.2) is 9.55 Å². The van der Waals surface area contributed by atoms with Crippen LogP contribution in [0.1, 0.15) is 5.69 Å². The molecule has 2 aromatic rings. The van der Waals surface area contributed by atoms with Crippen molar-refractivity contribution in [2.45, 2.75) is 6.92 Å². The molecule has 0 atom stereocenters. The van der Waals surface area contributed by atoms with Gasteiger partial charge in [-0.25, -0.2) is 0 Å². The van der Waals surface area contributed by atoms with Crippen LogP contribution in [0.25, 0.3) is 10.9 Å². The van der Waals surface area contributed by atoms with Crippen LogP contribution in [0.2, 0.25) is 0 Å². The third-order valence-corrected chi connectivity index (χ3v) is 1.91. The van der Waals surface area contributed by atoms with Crippen molar-refractivity contribution in [3.63, 3.8) is 0 Å². The van der Waals surface area contributed by atoms with Crippen LogP contribution < -0.4 is 0 Å². The Kier molecular flexibility index (Phi) is 1.22.